The van der Waals surface area contributed by atoms with Gasteiger partial charge in [0.1, 0.15) is 11.5 Å². The first-order valence-electron chi connectivity index (χ1n) is 8.77. The van der Waals surface area contributed by atoms with Crippen LogP contribution in [0.15, 0.2) is 65.6 Å². The zero-order valence-electron chi connectivity index (χ0n) is 15.3. The van der Waals surface area contributed by atoms with E-state index in [0.717, 1.165) is 11.3 Å². The van der Waals surface area contributed by atoms with Crippen molar-refractivity contribution in [2.75, 3.05) is 23.1 Å². The molecule has 4 rings (SSSR count). The Labute approximate surface area is 163 Å². The average molecular weight is 396 g/mol. The van der Waals surface area contributed by atoms with E-state index < -0.39 is 9.84 Å². The number of sulfone groups is 1. The molecule has 3 aromatic rings. The van der Waals surface area contributed by atoms with Crippen LogP contribution >= 0.6 is 0 Å². The minimum Gasteiger partial charge on any atom is -0.508 e. The fourth-order valence-corrected chi connectivity index (χ4v) is 4.02. The van der Waals surface area contributed by atoms with E-state index in [-0.39, 0.29) is 16.4 Å². The van der Waals surface area contributed by atoms with Gasteiger partial charge in [0.25, 0.3) is 0 Å². The molecule has 1 heterocycles. The Morgan fingerprint density at radius 1 is 0.964 bits per heavy atom. The summed E-state index contributed by atoms with van der Waals surface area (Å²) >= 11 is 0. The van der Waals surface area contributed by atoms with Crippen LogP contribution in [0.25, 0.3) is 0 Å². The minimum absolute atomic E-state index is 0.0323. The highest BCUT2D eigenvalue weighted by Crippen LogP contribution is 2.43. The second-order valence-electron chi connectivity index (χ2n) is 6.85. The van der Waals surface area contributed by atoms with Gasteiger partial charge in [-0.2, -0.15) is 0 Å². The van der Waals surface area contributed by atoms with Crippen molar-refractivity contribution in [2.24, 2.45) is 0 Å². The highest BCUT2D eigenvalue weighted by Gasteiger charge is 2.25. The van der Waals surface area contributed by atoms with Crippen LogP contribution in [0.5, 0.6) is 11.5 Å². The van der Waals surface area contributed by atoms with Gasteiger partial charge < -0.3 is 20.4 Å². The number of phenolic OH excluding ortho intramolecular Hbond substituents is 2. The second kappa shape index (κ2) is 6.76. The molecule has 3 N–H and O–H groups in total. The van der Waals surface area contributed by atoms with Gasteiger partial charge in [0.2, 0.25) is 0 Å². The Morgan fingerprint density at radius 2 is 1.71 bits per heavy atom. The first kappa shape index (κ1) is 18.2. The second-order valence-corrected chi connectivity index (χ2v) is 8.86. The van der Waals surface area contributed by atoms with Crippen LogP contribution in [0.1, 0.15) is 11.1 Å². The zero-order valence-corrected chi connectivity index (χ0v) is 16.1. The SMILES string of the molecule is CS(=O)(=O)c1ccc2c(c1)NCN2c1cc(Cc2ccccc2)c(O)cc1O. The molecule has 1 aliphatic rings. The van der Waals surface area contributed by atoms with Gasteiger partial charge in [-0.3, -0.25) is 0 Å². The monoisotopic (exact) mass is 396 g/mol. The van der Waals surface area contributed by atoms with Gasteiger partial charge in [-0.15, -0.1) is 0 Å². The third-order valence-electron chi connectivity index (χ3n) is 4.82. The molecule has 0 saturated carbocycles. The van der Waals surface area contributed by atoms with Crippen molar-refractivity contribution in [3.63, 3.8) is 0 Å². The quantitative estimate of drug-likeness (QED) is 0.624. The molecule has 0 aromatic heterocycles. The van der Waals surface area contributed by atoms with Crippen LogP contribution in [0.3, 0.4) is 0 Å². The summed E-state index contributed by atoms with van der Waals surface area (Å²) in [5, 5.41) is 23.9. The van der Waals surface area contributed by atoms with Crippen LogP contribution in [0.4, 0.5) is 17.1 Å². The Balaban J connectivity index is 1.72. The summed E-state index contributed by atoms with van der Waals surface area (Å²) in [4.78, 5) is 2.09. The molecule has 28 heavy (non-hydrogen) atoms. The summed E-state index contributed by atoms with van der Waals surface area (Å²) in [6.45, 7) is 0.381. The molecule has 0 aliphatic carbocycles. The highest BCUT2D eigenvalue weighted by atomic mass is 32.2. The van der Waals surface area contributed by atoms with Crippen LogP contribution in [-0.4, -0.2) is 31.6 Å². The van der Waals surface area contributed by atoms with E-state index in [4.69, 9.17) is 0 Å². The molecule has 144 valence electrons. The molecule has 0 saturated heterocycles. The maximum atomic E-state index is 11.8. The van der Waals surface area contributed by atoms with Gasteiger partial charge in [0.05, 0.1) is 28.6 Å². The van der Waals surface area contributed by atoms with Crippen molar-refractivity contribution in [1.29, 1.82) is 0 Å². The number of nitrogens with one attached hydrogen (secondary N) is 1. The third kappa shape index (κ3) is 3.36. The number of fused-ring (bicyclic) bond motifs is 1. The zero-order chi connectivity index (χ0) is 19.9. The van der Waals surface area contributed by atoms with E-state index in [1.165, 1.54) is 12.3 Å². The Bertz CT molecular complexity index is 1140. The number of benzene rings is 3. The van der Waals surface area contributed by atoms with Crippen LogP contribution in [-0.2, 0) is 16.3 Å². The first-order valence-corrected chi connectivity index (χ1v) is 10.7. The predicted molar refractivity (Wildman–Crippen MR) is 109 cm³/mol. The summed E-state index contributed by atoms with van der Waals surface area (Å²) in [6, 6.07) is 17.7. The van der Waals surface area contributed by atoms with Crippen LogP contribution in [0, 0.1) is 0 Å². The van der Waals surface area contributed by atoms with Gasteiger partial charge in [-0.05, 0) is 29.8 Å². The van der Waals surface area contributed by atoms with Crippen molar-refractivity contribution in [2.45, 2.75) is 11.3 Å². The van der Waals surface area contributed by atoms with E-state index in [0.29, 0.717) is 30.0 Å². The lowest BCUT2D eigenvalue weighted by Crippen LogP contribution is -2.16. The fraction of sp³-hybridized carbons (Fsp3) is 0.143. The number of phenols is 2. The van der Waals surface area contributed by atoms with Crippen molar-refractivity contribution < 1.29 is 18.6 Å². The molecule has 1 aliphatic heterocycles. The summed E-state index contributed by atoms with van der Waals surface area (Å²) in [5.74, 6) is -0.0129. The van der Waals surface area contributed by atoms with Gasteiger partial charge in [-0.25, -0.2) is 8.42 Å². The summed E-state index contributed by atoms with van der Waals surface area (Å²) < 4.78 is 23.6. The molecule has 0 fully saturated rings. The molecule has 0 spiro atoms. The number of hydrogen-bond donors (Lipinski definition) is 3. The van der Waals surface area contributed by atoms with Crippen molar-refractivity contribution in [3.8, 4) is 11.5 Å². The maximum absolute atomic E-state index is 11.8. The van der Waals surface area contributed by atoms with Crippen molar-refractivity contribution >= 4 is 26.9 Å². The highest BCUT2D eigenvalue weighted by molar-refractivity contribution is 7.90. The smallest absolute Gasteiger partial charge is 0.175 e. The lowest BCUT2D eigenvalue weighted by atomic mass is 10.0. The summed E-state index contributed by atoms with van der Waals surface area (Å²) in [6.07, 6.45) is 1.70. The lowest BCUT2D eigenvalue weighted by molar-refractivity contribution is 0.447. The van der Waals surface area contributed by atoms with E-state index >= 15 is 0 Å². The Kier molecular flexibility index (Phi) is 4.39. The standard InChI is InChI=1S/C21H20N2O4S/c1-28(26,27)16-7-8-18-17(11-16)22-13-23(18)19-10-15(20(24)12-21(19)25)9-14-5-3-2-4-6-14/h2-8,10-12,22,24-25H,9,13H2,1H3. The van der Waals surface area contributed by atoms with Crippen molar-refractivity contribution in [1.82, 2.24) is 0 Å². The van der Waals surface area contributed by atoms with E-state index in [1.54, 1.807) is 24.3 Å². The molecular formula is C21H20N2O4S. The number of hydrogen-bond acceptors (Lipinski definition) is 6. The molecule has 3 aromatic carbocycles. The van der Waals surface area contributed by atoms with E-state index in [9.17, 15) is 18.6 Å². The number of anilines is 3. The first-order chi connectivity index (χ1) is 13.3. The third-order valence-corrected chi connectivity index (χ3v) is 5.93. The van der Waals surface area contributed by atoms with Crippen LogP contribution in [0.2, 0.25) is 0 Å². The number of rotatable bonds is 4. The molecule has 0 atom stereocenters. The van der Waals surface area contributed by atoms with Gasteiger partial charge in [0, 0.05) is 24.3 Å². The van der Waals surface area contributed by atoms with Gasteiger partial charge in [-0.1, -0.05) is 30.3 Å². The van der Waals surface area contributed by atoms with Gasteiger partial charge in [0.15, 0.2) is 9.84 Å². The molecule has 6 nitrogen and oxygen atoms in total. The largest absolute Gasteiger partial charge is 0.508 e. The molecule has 7 heteroatoms. The van der Waals surface area contributed by atoms with E-state index in [2.05, 4.69) is 5.32 Å². The molecule has 0 radical (unpaired) electrons. The van der Waals surface area contributed by atoms with Crippen molar-refractivity contribution in [3.05, 3.63) is 71.8 Å². The summed E-state index contributed by atoms with van der Waals surface area (Å²) in [5.41, 5.74) is 3.73. The topological polar surface area (TPSA) is 89.9 Å². The predicted octanol–water partition coefficient (Wildman–Crippen LogP) is 3.61. The van der Waals surface area contributed by atoms with Gasteiger partial charge >= 0.3 is 0 Å². The maximum Gasteiger partial charge on any atom is 0.175 e. The molecule has 0 unspecified atom stereocenters. The fourth-order valence-electron chi connectivity index (χ4n) is 3.37. The average Bonchev–Trinajstić information content (AvgIpc) is 3.07. The van der Waals surface area contributed by atoms with Crippen LogP contribution < -0.4 is 10.2 Å². The Hall–Kier alpha value is -3.19. The van der Waals surface area contributed by atoms with E-state index in [1.807, 2.05) is 35.2 Å². The Morgan fingerprint density at radius 3 is 2.43 bits per heavy atom. The molecular weight excluding hydrogens is 376 g/mol. The lowest BCUT2D eigenvalue weighted by Gasteiger charge is -2.21. The molecule has 0 amide bonds. The molecule has 0 bridgehead atoms. The normalized spacial score (nSPS) is 13.2. The number of aromatic hydroxyl groups is 2. The summed E-state index contributed by atoms with van der Waals surface area (Å²) in [7, 11) is -3.30. The number of nitrogens with zero attached hydrogens (tertiary/aromatic N) is 1. The minimum atomic E-state index is -3.30.